The van der Waals surface area contributed by atoms with Gasteiger partial charge in [0.25, 0.3) is 23.6 Å². The molecular formula is C66H54N2O8. The number of fused-ring (bicyclic) bond motifs is 2. The Bertz CT molecular complexity index is 4000. The van der Waals surface area contributed by atoms with Gasteiger partial charge in [0, 0.05) is 43.1 Å². The molecule has 0 radical (unpaired) electrons. The fraction of sp³-hybridized carbons (Fsp3) is 0.182. The number of carbonyl (C=O) groups is 4. The van der Waals surface area contributed by atoms with E-state index in [-0.39, 0.29) is 74.3 Å². The molecule has 10 aromatic rings. The Hall–Kier alpha value is -9.02. The van der Waals surface area contributed by atoms with Crippen LogP contribution < -0.4 is 24.0 Å². The molecule has 10 nitrogen and oxygen atoms in total. The SMILES string of the molecule is CC(C)c1cccc(C(C)C)c1N1C(=O)c2cc(O)c3c4c(Oc5ccccc5)cc5c6c(cc(Oc7ccccc7)c(c7c(Oc8ccccc8)cc(c2c37)C1=O)c64)C(=O)N(c1c(C(C)C)cccc1C(C)C)C5=O. The third-order valence-corrected chi connectivity index (χ3v) is 15.0. The maximum atomic E-state index is 15.8. The average molecular weight is 1000 g/mol. The molecule has 0 spiro atoms. The second-order valence-electron chi connectivity index (χ2n) is 21.0. The monoisotopic (exact) mass is 1000 g/mol. The first kappa shape index (κ1) is 48.0. The zero-order valence-corrected chi connectivity index (χ0v) is 43.4. The molecule has 0 saturated carbocycles. The van der Waals surface area contributed by atoms with Crippen molar-refractivity contribution in [3.05, 3.63) is 196 Å². The Morgan fingerprint density at radius 3 is 0.908 bits per heavy atom. The van der Waals surface area contributed by atoms with Crippen LogP contribution in [0.1, 0.15) is 143 Å². The lowest BCUT2D eigenvalue weighted by molar-refractivity contribution is 0.0877. The highest BCUT2D eigenvalue weighted by atomic mass is 16.5. The third-order valence-electron chi connectivity index (χ3n) is 15.0. The summed E-state index contributed by atoms with van der Waals surface area (Å²) in [6.07, 6.45) is 0. The van der Waals surface area contributed by atoms with Crippen LogP contribution in [0.4, 0.5) is 11.4 Å². The highest BCUT2D eigenvalue weighted by molar-refractivity contribution is 6.48. The molecule has 12 rings (SSSR count). The van der Waals surface area contributed by atoms with Crippen LogP contribution >= 0.6 is 0 Å². The van der Waals surface area contributed by atoms with E-state index in [4.69, 9.17) is 14.2 Å². The molecular weight excluding hydrogens is 949 g/mol. The maximum absolute atomic E-state index is 15.8. The largest absolute Gasteiger partial charge is 0.507 e. The van der Waals surface area contributed by atoms with Crippen molar-refractivity contribution in [1.82, 2.24) is 0 Å². The van der Waals surface area contributed by atoms with Gasteiger partial charge in [0.1, 0.15) is 40.2 Å². The molecule has 0 aromatic heterocycles. The normalized spacial score (nSPS) is 13.6. The van der Waals surface area contributed by atoms with Crippen molar-refractivity contribution in [3.8, 4) is 40.2 Å². The number of para-hydroxylation sites is 5. The van der Waals surface area contributed by atoms with Gasteiger partial charge in [-0.25, -0.2) is 9.80 Å². The molecule has 0 unspecified atom stereocenters. The van der Waals surface area contributed by atoms with Gasteiger partial charge in [-0.05, 0) is 107 Å². The fourth-order valence-corrected chi connectivity index (χ4v) is 11.6. The molecule has 2 aliphatic heterocycles. The van der Waals surface area contributed by atoms with E-state index >= 15 is 19.2 Å². The molecule has 4 amide bonds. The summed E-state index contributed by atoms with van der Waals surface area (Å²) in [4.78, 5) is 65.6. The van der Waals surface area contributed by atoms with Gasteiger partial charge < -0.3 is 19.3 Å². The number of aromatic hydroxyl groups is 1. The summed E-state index contributed by atoms with van der Waals surface area (Å²) in [7, 11) is 0. The van der Waals surface area contributed by atoms with Gasteiger partial charge in [0.15, 0.2) is 0 Å². The van der Waals surface area contributed by atoms with Crippen molar-refractivity contribution in [3.63, 3.8) is 0 Å². The summed E-state index contributed by atoms with van der Waals surface area (Å²) >= 11 is 0. The number of imide groups is 2. The minimum atomic E-state index is -0.603. The lowest BCUT2D eigenvalue weighted by Crippen LogP contribution is -2.42. The number of phenolic OH excluding ortho intramolecular Hbond substituents is 1. The van der Waals surface area contributed by atoms with E-state index in [9.17, 15) is 5.11 Å². The van der Waals surface area contributed by atoms with E-state index in [1.54, 1.807) is 54.6 Å². The smallest absolute Gasteiger partial charge is 0.266 e. The molecule has 0 atom stereocenters. The van der Waals surface area contributed by atoms with Crippen LogP contribution in [0, 0.1) is 0 Å². The summed E-state index contributed by atoms with van der Waals surface area (Å²) < 4.78 is 20.9. The number of hydrogen-bond acceptors (Lipinski definition) is 8. The second-order valence-corrected chi connectivity index (χ2v) is 21.0. The molecule has 2 heterocycles. The number of anilines is 2. The van der Waals surface area contributed by atoms with Crippen molar-refractivity contribution in [2.45, 2.75) is 79.1 Å². The molecule has 2 aliphatic rings. The number of carbonyl (C=O) groups excluding carboxylic acids is 4. The fourth-order valence-electron chi connectivity index (χ4n) is 11.6. The average Bonchev–Trinajstić information content (AvgIpc) is 3.58. The number of benzene rings is 10. The van der Waals surface area contributed by atoms with Crippen LogP contribution in [0.2, 0.25) is 0 Å². The van der Waals surface area contributed by atoms with Crippen LogP contribution in [0.3, 0.4) is 0 Å². The number of rotatable bonds is 12. The number of ether oxygens (including phenoxy) is 3. The van der Waals surface area contributed by atoms with Crippen LogP contribution in [-0.2, 0) is 0 Å². The highest BCUT2D eigenvalue weighted by Gasteiger charge is 2.44. The maximum Gasteiger partial charge on any atom is 0.266 e. The number of amides is 4. The third kappa shape index (κ3) is 7.29. The minimum absolute atomic E-state index is 0.0577. The summed E-state index contributed by atoms with van der Waals surface area (Å²) in [5.74, 6) is -0.909. The predicted molar refractivity (Wildman–Crippen MR) is 300 cm³/mol. The van der Waals surface area contributed by atoms with Gasteiger partial charge in [-0.15, -0.1) is 0 Å². The van der Waals surface area contributed by atoms with E-state index < -0.39 is 23.6 Å². The van der Waals surface area contributed by atoms with Gasteiger partial charge in [-0.1, -0.05) is 146 Å². The molecule has 1 N–H and O–H groups in total. The van der Waals surface area contributed by atoms with E-state index in [0.717, 1.165) is 22.3 Å². The van der Waals surface area contributed by atoms with Crippen molar-refractivity contribution in [2.24, 2.45) is 0 Å². The predicted octanol–water partition coefficient (Wildman–Crippen LogP) is 16.9. The van der Waals surface area contributed by atoms with Gasteiger partial charge in [0.2, 0.25) is 0 Å². The lowest BCUT2D eigenvalue weighted by Gasteiger charge is -2.34. The standard InChI is InChI=1S/C66H54N2O8/c1-34(2)41-26-18-27-42(35(3)4)61(41)67-63(70)45-30-49(69)55-56-50(74-38-20-12-9-13-21-38)31-47-54-48(66(73)68(65(47)72)62-43(36(5)6)28-19-29-44(62)37(7)8)33-52(76-40-24-16-11-17-25-40)58(60(54)56)57-51(75-39-22-14-10-15-23-39)32-46(64(67)71)53(45)59(55)57/h9-37,69H,1-8H3. The summed E-state index contributed by atoms with van der Waals surface area (Å²) in [5.41, 5.74) is 4.98. The zero-order valence-electron chi connectivity index (χ0n) is 43.4. The molecule has 376 valence electrons. The number of phenols is 1. The Morgan fingerprint density at radius 1 is 0.329 bits per heavy atom. The summed E-state index contributed by atoms with van der Waals surface area (Å²) in [6, 6.07) is 45.6. The first-order valence-corrected chi connectivity index (χ1v) is 25.9. The molecule has 76 heavy (non-hydrogen) atoms. The molecule has 0 saturated heterocycles. The topological polar surface area (TPSA) is 123 Å². The van der Waals surface area contributed by atoms with Crippen molar-refractivity contribution < 1.29 is 38.5 Å². The van der Waals surface area contributed by atoms with Crippen molar-refractivity contribution in [1.29, 1.82) is 0 Å². The lowest BCUT2D eigenvalue weighted by atomic mass is 9.80. The first-order valence-electron chi connectivity index (χ1n) is 25.9. The number of nitrogens with zero attached hydrogens (tertiary/aromatic N) is 2. The molecule has 0 aliphatic carbocycles. The van der Waals surface area contributed by atoms with E-state index in [2.05, 4.69) is 0 Å². The molecule has 10 heteroatoms. The van der Waals surface area contributed by atoms with E-state index in [1.165, 1.54) is 15.9 Å². The molecule has 0 bridgehead atoms. The van der Waals surface area contributed by atoms with Gasteiger partial charge in [0.05, 0.1) is 33.6 Å². The molecule has 0 fully saturated rings. The van der Waals surface area contributed by atoms with Crippen LogP contribution in [0.5, 0.6) is 40.2 Å². The van der Waals surface area contributed by atoms with E-state index in [0.29, 0.717) is 66.3 Å². The Kier molecular flexibility index (Phi) is 11.4. The van der Waals surface area contributed by atoms with E-state index in [1.807, 2.05) is 146 Å². The Morgan fingerprint density at radius 2 is 0.605 bits per heavy atom. The summed E-state index contributed by atoms with van der Waals surface area (Å²) in [5, 5.41) is 15.6. The highest BCUT2D eigenvalue weighted by Crippen LogP contribution is 2.58. The van der Waals surface area contributed by atoms with Gasteiger partial charge in [-0.3, -0.25) is 19.2 Å². The van der Waals surface area contributed by atoms with Crippen LogP contribution in [-0.4, -0.2) is 28.7 Å². The second kappa shape index (κ2) is 18.1. The minimum Gasteiger partial charge on any atom is -0.507 e. The number of hydrogen-bond donors (Lipinski definition) is 1. The van der Waals surface area contributed by atoms with Crippen molar-refractivity contribution >= 4 is 78.1 Å². The van der Waals surface area contributed by atoms with Gasteiger partial charge >= 0.3 is 0 Å². The Balaban J connectivity index is 1.28. The molecule has 10 aromatic carbocycles. The first-order chi connectivity index (χ1) is 36.6. The van der Waals surface area contributed by atoms with Gasteiger partial charge in [-0.2, -0.15) is 0 Å². The van der Waals surface area contributed by atoms with Crippen molar-refractivity contribution in [2.75, 3.05) is 9.80 Å². The quantitative estimate of drug-likeness (QED) is 0.0729. The zero-order chi connectivity index (χ0) is 53.0. The summed E-state index contributed by atoms with van der Waals surface area (Å²) in [6.45, 7) is 16.3. The van der Waals surface area contributed by atoms with Crippen LogP contribution in [0.15, 0.2) is 152 Å². The van der Waals surface area contributed by atoms with Crippen LogP contribution in [0.25, 0.3) is 43.1 Å². The Labute approximate surface area is 440 Å².